The largest absolute Gasteiger partial charge is 0.443 e. The summed E-state index contributed by atoms with van der Waals surface area (Å²) >= 11 is 0. The van der Waals surface area contributed by atoms with Gasteiger partial charge in [0.15, 0.2) is 0 Å². The minimum atomic E-state index is -0.525. The predicted molar refractivity (Wildman–Crippen MR) is 96.3 cm³/mol. The minimum absolute atomic E-state index is 0.367. The Morgan fingerprint density at radius 3 is 2.58 bits per heavy atom. The Morgan fingerprint density at radius 2 is 1.88 bits per heavy atom. The van der Waals surface area contributed by atoms with Crippen molar-refractivity contribution in [1.82, 2.24) is 9.55 Å². The molecular formula is C20H22N2O2. The highest BCUT2D eigenvalue weighted by atomic mass is 16.6. The standard InChI is InChI=1S/C20H22N2O2/c1-13-11-17(14(2)21-12-13)15-7-6-8-18-16(15)9-10-22(18)19(23)24-20(3,4)5/h6-12H,1-5H3. The molecular weight excluding hydrogens is 300 g/mol. The van der Waals surface area contributed by atoms with Crippen LogP contribution in [0, 0.1) is 13.8 Å². The molecule has 0 aliphatic heterocycles. The van der Waals surface area contributed by atoms with Gasteiger partial charge in [-0.2, -0.15) is 0 Å². The van der Waals surface area contributed by atoms with E-state index in [2.05, 4.69) is 17.1 Å². The number of carbonyl (C=O) groups is 1. The first-order valence-corrected chi connectivity index (χ1v) is 8.03. The summed E-state index contributed by atoms with van der Waals surface area (Å²) in [5.41, 5.74) is 4.55. The Labute approximate surface area is 142 Å². The molecule has 1 aromatic carbocycles. The zero-order valence-electron chi connectivity index (χ0n) is 14.8. The van der Waals surface area contributed by atoms with Crippen LogP contribution in [-0.2, 0) is 4.74 Å². The zero-order valence-corrected chi connectivity index (χ0v) is 14.8. The van der Waals surface area contributed by atoms with Gasteiger partial charge in [-0.15, -0.1) is 0 Å². The lowest BCUT2D eigenvalue weighted by Gasteiger charge is -2.19. The van der Waals surface area contributed by atoms with Crippen LogP contribution in [0.1, 0.15) is 32.0 Å². The number of hydrogen-bond acceptors (Lipinski definition) is 3. The van der Waals surface area contributed by atoms with Crippen LogP contribution in [0.15, 0.2) is 42.7 Å². The van der Waals surface area contributed by atoms with Crippen LogP contribution < -0.4 is 0 Å². The van der Waals surface area contributed by atoms with Gasteiger partial charge in [-0.1, -0.05) is 12.1 Å². The molecule has 2 aromatic heterocycles. The molecule has 0 radical (unpaired) electrons. The van der Waals surface area contributed by atoms with Crippen molar-refractivity contribution in [3.63, 3.8) is 0 Å². The van der Waals surface area contributed by atoms with E-state index < -0.39 is 5.60 Å². The number of aryl methyl sites for hydroxylation is 2. The fourth-order valence-electron chi connectivity index (χ4n) is 2.78. The van der Waals surface area contributed by atoms with Crippen molar-refractivity contribution in [2.24, 2.45) is 0 Å². The second kappa shape index (κ2) is 5.78. The Morgan fingerprint density at radius 1 is 1.12 bits per heavy atom. The quantitative estimate of drug-likeness (QED) is 0.626. The summed E-state index contributed by atoms with van der Waals surface area (Å²) < 4.78 is 7.05. The van der Waals surface area contributed by atoms with E-state index in [-0.39, 0.29) is 6.09 Å². The number of rotatable bonds is 1. The van der Waals surface area contributed by atoms with Gasteiger partial charge in [0.1, 0.15) is 5.60 Å². The molecule has 24 heavy (non-hydrogen) atoms. The monoisotopic (exact) mass is 322 g/mol. The topological polar surface area (TPSA) is 44.1 Å². The lowest BCUT2D eigenvalue weighted by Crippen LogP contribution is -2.26. The van der Waals surface area contributed by atoms with E-state index in [0.29, 0.717) is 0 Å². The summed E-state index contributed by atoms with van der Waals surface area (Å²) in [6, 6.07) is 10.0. The highest BCUT2D eigenvalue weighted by Crippen LogP contribution is 2.31. The number of benzene rings is 1. The normalized spacial score (nSPS) is 11.7. The van der Waals surface area contributed by atoms with E-state index in [0.717, 1.165) is 33.3 Å². The van der Waals surface area contributed by atoms with E-state index in [9.17, 15) is 4.79 Å². The van der Waals surface area contributed by atoms with Crippen LogP contribution in [0.25, 0.3) is 22.0 Å². The van der Waals surface area contributed by atoms with Gasteiger partial charge in [0.25, 0.3) is 0 Å². The minimum Gasteiger partial charge on any atom is -0.443 e. The Kier molecular flexibility index (Phi) is 3.91. The first kappa shape index (κ1) is 16.2. The van der Waals surface area contributed by atoms with Gasteiger partial charge < -0.3 is 4.74 Å². The number of carbonyl (C=O) groups excluding carboxylic acids is 1. The molecule has 124 valence electrons. The Balaban J connectivity index is 2.14. The van der Waals surface area contributed by atoms with Gasteiger partial charge in [-0.25, -0.2) is 4.79 Å². The summed E-state index contributed by atoms with van der Waals surface area (Å²) in [6.07, 6.45) is 3.26. The molecule has 0 amide bonds. The van der Waals surface area contributed by atoms with Crippen LogP contribution >= 0.6 is 0 Å². The maximum atomic E-state index is 12.4. The lowest BCUT2D eigenvalue weighted by molar-refractivity contribution is 0.0544. The van der Waals surface area contributed by atoms with Crippen molar-refractivity contribution in [3.05, 3.63) is 54.0 Å². The maximum Gasteiger partial charge on any atom is 0.418 e. The van der Waals surface area contributed by atoms with E-state index >= 15 is 0 Å². The van der Waals surface area contributed by atoms with Crippen LogP contribution in [-0.4, -0.2) is 21.2 Å². The summed E-state index contributed by atoms with van der Waals surface area (Å²) in [5.74, 6) is 0. The van der Waals surface area contributed by atoms with Crippen molar-refractivity contribution in [1.29, 1.82) is 0 Å². The molecule has 0 N–H and O–H groups in total. The first-order valence-electron chi connectivity index (χ1n) is 8.03. The molecule has 0 fully saturated rings. The number of aromatic nitrogens is 2. The van der Waals surface area contributed by atoms with Crippen molar-refractivity contribution in [3.8, 4) is 11.1 Å². The maximum absolute atomic E-state index is 12.4. The van der Waals surface area contributed by atoms with Crippen molar-refractivity contribution >= 4 is 17.0 Å². The number of fused-ring (bicyclic) bond motifs is 1. The molecule has 0 atom stereocenters. The third-order valence-corrected chi connectivity index (χ3v) is 3.84. The van der Waals surface area contributed by atoms with Gasteiger partial charge in [0, 0.05) is 29.0 Å². The second-order valence-corrected chi connectivity index (χ2v) is 7.05. The average molecular weight is 322 g/mol. The van der Waals surface area contributed by atoms with Gasteiger partial charge in [-0.3, -0.25) is 9.55 Å². The van der Waals surface area contributed by atoms with E-state index in [1.807, 2.05) is 59.0 Å². The summed E-state index contributed by atoms with van der Waals surface area (Å²) in [4.78, 5) is 16.9. The number of pyridine rings is 1. The smallest absolute Gasteiger partial charge is 0.418 e. The third-order valence-electron chi connectivity index (χ3n) is 3.84. The molecule has 0 aliphatic rings. The molecule has 0 unspecified atom stereocenters. The van der Waals surface area contributed by atoms with E-state index in [1.165, 1.54) is 0 Å². The SMILES string of the molecule is Cc1cnc(C)c(-c2cccc3c2ccn3C(=O)OC(C)(C)C)c1. The molecule has 3 rings (SSSR count). The number of nitrogens with zero attached hydrogens (tertiary/aromatic N) is 2. The average Bonchev–Trinajstić information content (AvgIpc) is 2.92. The predicted octanol–water partition coefficient (Wildman–Crippen LogP) is 5.10. The summed E-state index contributed by atoms with van der Waals surface area (Å²) in [6.45, 7) is 9.62. The van der Waals surface area contributed by atoms with E-state index in [1.54, 1.807) is 10.8 Å². The summed E-state index contributed by atoms with van der Waals surface area (Å²) in [7, 11) is 0. The Bertz CT molecular complexity index is 917. The fraction of sp³-hybridized carbons (Fsp3) is 0.300. The van der Waals surface area contributed by atoms with Crippen LogP contribution in [0.4, 0.5) is 4.79 Å². The molecule has 4 heteroatoms. The van der Waals surface area contributed by atoms with Crippen molar-refractivity contribution in [2.75, 3.05) is 0 Å². The zero-order chi connectivity index (χ0) is 17.5. The molecule has 0 saturated carbocycles. The van der Waals surface area contributed by atoms with Gasteiger partial charge >= 0.3 is 6.09 Å². The van der Waals surface area contributed by atoms with Gasteiger partial charge in [-0.05, 0) is 63.9 Å². The number of hydrogen-bond donors (Lipinski definition) is 0. The van der Waals surface area contributed by atoms with Crippen LogP contribution in [0.5, 0.6) is 0 Å². The molecule has 0 spiro atoms. The highest BCUT2D eigenvalue weighted by molar-refractivity contribution is 5.99. The lowest BCUT2D eigenvalue weighted by atomic mass is 9.99. The first-order chi connectivity index (χ1) is 11.3. The van der Waals surface area contributed by atoms with Gasteiger partial charge in [0.2, 0.25) is 0 Å². The van der Waals surface area contributed by atoms with Crippen LogP contribution in [0.3, 0.4) is 0 Å². The second-order valence-electron chi connectivity index (χ2n) is 7.05. The molecule has 4 nitrogen and oxygen atoms in total. The molecule has 2 heterocycles. The van der Waals surface area contributed by atoms with Crippen LogP contribution in [0.2, 0.25) is 0 Å². The molecule has 0 saturated heterocycles. The fourth-order valence-corrected chi connectivity index (χ4v) is 2.78. The molecule has 3 aromatic rings. The van der Waals surface area contributed by atoms with E-state index in [4.69, 9.17) is 4.74 Å². The van der Waals surface area contributed by atoms with Gasteiger partial charge in [0.05, 0.1) is 5.52 Å². The number of ether oxygens (including phenoxy) is 1. The van der Waals surface area contributed by atoms with Crippen molar-refractivity contribution in [2.45, 2.75) is 40.2 Å². The Hall–Kier alpha value is -2.62. The van der Waals surface area contributed by atoms with Crippen molar-refractivity contribution < 1.29 is 9.53 Å². The summed E-state index contributed by atoms with van der Waals surface area (Å²) in [5, 5.41) is 1.01. The molecule has 0 bridgehead atoms. The third kappa shape index (κ3) is 3.04. The highest BCUT2D eigenvalue weighted by Gasteiger charge is 2.20. The molecule has 0 aliphatic carbocycles.